The summed E-state index contributed by atoms with van der Waals surface area (Å²) >= 11 is 0. The summed E-state index contributed by atoms with van der Waals surface area (Å²) in [5.41, 5.74) is 6.62. The van der Waals surface area contributed by atoms with E-state index in [0.29, 0.717) is 13.0 Å². The third-order valence-corrected chi connectivity index (χ3v) is 2.40. The lowest BCUT2D eigenvalue weighted by Crippen LogP contribution is -2.39. The quantitative estimate of drug-likeness (QED) is 0.782. The molecule has 16 heavy (non-hydrogen) atoms. The fraction of sp³-hybridized carbons (Fsp3) is 0.417. The number of carbonyl (C=O) groups excluding carboxylic acids is 1. The lowest BCUT2D eigenvalue weighted by molar-refractivity contribution is -0.122. The van der Waals surface area contributed by atoms with Crippen LogP contribution in [0.15, 0.2) is 24.3 Å². The smallest absolute Gasteiger partial charge is 0.237 e. The summed E-state index contributed by atoms with van der Waals surface area (Å²) in [6, 6.07) is 7.13. The van der Waals surface area contributed by atoms with Crippen molar-refractivity contribution in [2.45, 2.75) is 25.9 Å². The van der Waals surface area contributed by atoms with Gasteiger partial charge in [0.1, 0.15) is 5.75 Å². The van der Waals surface area contributed by atoms with Gasteiger partial charge in [0.25, 0.3) is 0 Å². The van der Waals surface area contributed by atoms with Gasteiger partial charge in [-0.15, -0.1) is 0 Å². The van der Waals surface area contributed by atoms with Crippen molar-refractivity contribution in [3.05, 3.63) is 29.8 Å². The Morgan fingerprint density at radius 3 is 2.56 bits per heavy atom. The van der Waals surface area contributed by atoms with E-state index in [1.807, 2.05) is 31.2 Å². The number of nitrogens with two attached hydrogens (primary N) is 1. The predicted molar refractivity (Wildman–Crippen MR) is 63.1 cm³/mol. The molecule has 1 atom stereocenters. The van der Waals surface area contributed by atoms with E-state index in [-0.39, 0.29) is 5.91 Å². The highest BCUT2D eigenvalue weighted by Gasteiger charge is 2.09. The van der Waals surface area contributed by atoms with E-state index in [1.165, 1.54) is 0 Å². The Morgan fingerprint density at radius 1 is 1.44 bits per heavy atom. The minimum atomic E-state index is -0.418. The van der Waals surface area contributed by atoms with Gasteiger partial charge in [0.05, 0.1) is 13.2 Å². The third-order valence-electron chi connectivity index (χ3n) is 2.40. The predicted octanol–water partition coefficient (Wildman–Crippen LogP) is 1.05. The van der Waals surface area contributed by atoms with Crippen LogP contribution in [0.5, 0.6) is 5.75 Å². The number of ether oxygens (including phenoxy) is 1. The number of hydrogen-bond donors (Lipinski definition) is 2. The van der Waals surface area contributed by atoms with E-state index in [0.717, 1.165) is 11.3 Å². The van der Waals surface area contributed by atoms with Crippen LogP contribution in [0.25, 0.3) is 0 Å². The maximum atomic E-state index is 11.4. The average Bonchev–Trinajstić information content (AvgIpc) is 2.35. The molecular weight excluding hydrogens is 204 g/mol. The Labute approximate surface area is 95.8 Å². The first kappa shape index (κ1) is 12.5. The van der Waals surface area contributed by atoms with Gasteiger partial charge in [-0.25, -0.2) is 0 Å². The van der Waals surface area contributed by atoms with E-state index < -0.39 is 6.04 Å². The largest absolute Gasteiger partial charge is 0.497 e. The summed E-state index contributed by atoms with van der Waals surface area (Å²) in [7, 11) is 1.62. The molecule has 4 heteroatoms. The molecule has 0 radical (unpaired) electrons. The maximum absolute atomic E-state index is 11.4. The second kappa shape index (κ2) is 6.12. The van der Waals surface area contributed by atoms with Gasteiger partial charge in [0.15, 0.2) is 0 Å². The molecule has 0 fully saturated rings. The zero-order chi connectivity index (χ0) is 12.0. The molecule has 4 nitrogen and oxygen atoms in total. The van der Waals surface area contributed by atoms with Crippen LogP contribution in [0.4, 0.5) is 0 Å². The second-order valence-corrected chi connectivity index (χ2v) is 3.58. The van der Waals surface area contributed by atoms with Gasteiger partial charge in [-0.1, -0.05) is 19.1 Å². The Hall–Kier alpha value is -1.55. The summed E-state index contributed by atoms with van der Waals surface area (Å²) in [5, 5.41) is 2.78. The lowest BCUT2D eigenvalue weighted by Gasteiger charge is -2.10. The molecule has 0 spiro atoms. The molecule has 0 saturated heterocycles. The molecule has 0 aliphatic heterocycles. The Balaban J connectivity index is 2.45. The van der Waals surface area contributed by atoms with E-state index >= 15 is 0 Å². The molecule has 88 valence electrons. The minimum Gasteiger partial charge on any atom is -0.497 e. The van der Waals surface area contributed by atoms with Crippen molar-refractivity contribution in [3.63, 3.8) is 0 Å². The van der Waals surface area contributed by atoms with Crippen molar-refractivity contribution in [3.8, 4) is 5.75 Å². The SMILES string of the molecule is CCC(N)C(=O)NCc1ccc(OC)cc1. The zero-order valence-corrected chi connectivity index (χ0v) is 9.69. The molecule has 0 aromatic heterocycles. The van der Waals surface area contributed by atoms with Crippen molar-refractivity contribution in [1.29, 1.82) is 0 Å². The van der Waals surface area contributed by atoms with Crippen molar-refractivity contribution >= 4 is 5.91 Å². The zero-order valence-electron chi connectivity index (χ0n) is 9.69. The molecule has 1 rings (SSSR count). The van der Waals surface area contributed by atoms with E-state index in [9.17, 15) is 4.79 Å². The molecule has 1 aromatic rings. The fourth-order valence-corrected chi connectivity index (χ4v) is 1.25. The van der Waals surface area contributed by atoms with Crippen molar-refractivity contribution in [2.24, 2.45) is 5.73 Å². The number of amides is 1. The normalized spacial score (nSPS) is 11.9. The summed E-state index contributed by atoms with van der Waals surface area (Å²) < 4.78 is 5.04. The number of methoxy groups -OCH3 is 1. The minimum absolute atomic E-state index is 0.113. The number of benzene rings is 1. The highest BCUT2D eigenvalue weighted by Crippen LogP contribution is 2.10. The molecule has 1 aromatic carbocycles. The van der Waals surface area contributed by atoms with E-state index in [1.54, 1.807) is 7.11 Å². The molecule has 1 unspecified atom stereocenters. The molecule has 3 N–H and O–H groups in total. The summed E-state index contributed by atoms with van der Waals surface area (Å²) in [5.74, 6) is 0.693. The van der Waals surface area contributed by atoms with Crippen molar-refractivity contribution in [2.75, 3.05) is 7.11 Å². The Bertz CT molecular complexity index is 335. The summed E-state index contributed by atoms with van der Waals surface area (Å²) in [6.45, 7) is 2.38. The average molecular weight is 222 g/mol. The fourth-order valence-electron chi connectivity index (χ4n) is 1.25. The van der Waals surface area contributed by atoms with Gasteiger partial charge in [0.2, 0.25) is 5.91 Å². The third kappa shape index (κ3) is 3.55. The number of rotatable bonds is 5. The van der Waals surface area contributed by atoms with Gasteiger partial charge < -0.3 is 15.8 Å². The van der Waals surface area contributed by atoms with Crippen LogP contribution in [0.2, 0.25) is 0 Å². The molecule has 1 amide bonds. The summed E-state index contributed by atoms with van der Waals surface area (Å²) in [6.07, 6.45) is 0.647. The summed E-state index contributed by atoms with van der Waals surface area (Å²) in [4.78, 5) is 11.4. The maximum Gasteiger partial charge on any atom is 0.237 e. The van der Waals surface area contributed by atoms with Gasteiger partial charge in [-0.05, 0) is 24.1 Å². The van der Waals surface area contributed by atoms with Crippen LogP contribution in [-0.4, -0.2) is 19.1 Å². The Kier molecular flexibility index (Phi) is 4.79. The van der Waals surface area contributed by atoms with E-state index in [4.69, 9.17) is 10.5 Å². The van der Waals surface area contributed by atoms with Crippen molar-refractivity contribution < 1.29 is 9.53 Å². The number of nitrogens with one attached hydrogen (secondary N) is 1. The lowest BCUT2D eigenvalue weighted by atomic mass is 10.2. The van der Waals surface area contributed by atoms with Gasteiger partial charge in [0, 0.05) is 6.54 Å². The van der Waals surface area contributed by atoms with Crippen LogP contribution >= 0.6 is 0 Å². The van der Waals surface area contributed by atoms with Crippen molar-refractivity contribution in [1.82, 2.24) is 5.32 Å². The van der Waals surface area contributed by atoms with Crippen LogP contribution in [-0.2, 0) is 11.3 Å². The van der Waals surface area contributed by atoms with Crippen LogP contribution in [0.1, 0.15) is 18.9 Å². The highest BCUT2D eigenvalue weighted by atomic mass is 16.5. The van der Waals surface area contributed by atoms with Crippen LogP contribution in [0, 0.1) is 0 Å². The Morgan fingerprint density at radius 2 is 2.06 bits per heavy atom. The second-order valence-electron chi connectivity index (χ2n) is 3.58. The van der Waals surface area contributed by atoms with Crippen LogP contribution in [0.3, 0.4) is 0 Å². The topological polar surface area (TPSA) is 64.4 Å². The molecule has 0 aliphatic carbocycles. The first-order chi connectivity index (χ1) is 7.67. The van der Waals surface area contributed by atoms with Gasteiger partial charge in [-0.2, -0.15) is 0 Å². The molecule has 0 bridgehead atoms. The first-order valence-corrected chi connectivity index (χ1v) is 5.33. The van der Waals surface area contributed by atoms with E-state index in [2.05, 4.69) is 5.32 Å². The molecule has 0 saturated carbocycles. The highest BCUT2D eigenvalue weighted by molar-refractivity contribution is 5.81. The number of hydrogen-bond acceptors (Lipinski definition) is 3. The van der Waals surface area contributed by atoms with Gasteiger partial charge >= 0.3 is 0 Å². The number of carbonyl (C=O) groups is 1. The molecule has 0 aliphatic rings. The standard InChI is InChI=1S/C12H18N2O2/c1-3-11(13)12(15)14-8-9-4-6-10(16-2)7-5-9/h4-7,11H,3,8,13H2,1-2H3,(H,14,15). The first-order valence-electron chi connectivity index (χ1n) is 5.33. The van der Waals surface area contributed by atoms with Crippen LogP contribution < -0.4 is 15.8 Å². The molecular formula is C12H18N2O2. The molecule has 0 heterocycles. The van der Waals surface area contributed by atoms with Gasteiger partial charge in [-0.3, -0.25) is 4.79 Å². The monoisotopic (exact) mass is 222 g/mol.